The Labute approximate surface area is 135 Å². The number of hydrogen-bond donors (Lipinski definition) is 3. The molecular weight excluding hydrogens is 297 g/mol. The van der Waals surface area contributed by atoms with Crippen molar-refractivity contribution in [2.24, 2.45) is 5.92 Å². The van der Waals surface area contributed by atoms with Crippen molar-refractivity contribution in [3.63, 3.8) is 0 Å². The van der Waals surface area contributed by atoms with Gasteiger partial charge in [0, 0.05) is 25.7 Å². The summed E-state index contributed by atoms with van der Waals surface area (Å²) in [5.74, 6) is -0.186. The molecule has 1 aliphatic heterocycles. The van der Waals surface area contributed by atoms with E-state index in [0.29, 0.717) is 24.5 Å². The second-order valence-corrected chi connectivity index (χ2v) is 5.98. The zero-order valence-electron chi connectivity index (χ0n) is 13.6. The van der Waals surface area contributed by atoms with Gasteiger partial charge in [0.05, 0.1) is 17.3 Å². The third kappa shape index (κ3) is 4.18. The van der Waals surface area contributed by atoms with Gasteiger partial charge in [0.15, 0.2) is 0 Å². The monoisotopic (exact) mass is 319 g/mol. The predicted octanol–water partition coefficient (Wildman–Crippen LogP) is 2.05. The van der Waals surface area contributed by atoms with Crippen LogP contribution in [0.2, 0.25) is 0 Å². The number of hydrogen-bond acceptors (Lipinski definition) is 4. The zero-order valence-corrected chi connectivity index (χ0v) is 13.6. The molecule has 23 heavy (non-hydrogen) atoms. The molecule has 1 fully saturated rings. The number of hydrazine groups is 1. The fourth-order valence-corrected chi connectivity index (χ4v) is 2.75. The molecule has 7 heteroatoms. The predicted molar refractivity (Wildman–Crippen MR) is 86.1 cm³/mol. The van der Waals surface area contributed by atoms with Crippen molar-refractivity contribution in [2.45, 2.75) is 32.4 Å². The Balaban J connectivity index is 1.89. The van der Waals surface area contributed by atoms with Crippen LogP contribution >= 0.6 is 0 Å². The first kappa shape index (κ1) is 17.2. The maximum absolute atomic E-state index is 13.8. The molecule has 0 bridgehead atoms. The molecule has 1 heterocycles. The molecule has 0 radical (unpaired) electrons. The standard InChI is InChI=1S/C16H22FN5O/c1-10-13(11(2)21-20-10)6-7-22(3)16(23)19-15-5-4-12(9-18)8-14(15)17/h4-5,8,10-11,13,20-21H,6-7H2,1-3H3,(H,19,23). The Morgan fingerprint density at radius 2 is 2.04 bits per heavy atom. The largest absolute Gasteiger partial charge is 0.328 e. The summed E-state index contributed by atoms with van der Waals surface area (Å²) in [4.78, 5) is 13.7. The summed E-state index contributed by atoms with van der Waals surface area (Å²) in [5, 5.41) is 11.2. The molecular formula is C16H22FN5O. The lowest BCUT2D eigenvalue weighted by Gasteiger charge is -2.23. The summed E-state index contributed by atoms with van der Waals surface area (Å²) < 4.78 is 13.8. The minimum Gasteiger partial charge on any atom is -0.328 e. The van der Waals surface area contributed by atoms with Crippen LogP contribution < -0.4 is 16.2 Å². The molecule has 1 saturated heterocycles. The van der Waals surface area contributed by atoms with Crippen LogP contribution in [0, 0.1) is 23.1 Å². The van der Waals surface area contributed by atoms with Crippen LogP contribution in [0.4, 0.5) is 14.9 Å². The number of carbonyl (C=O) groups excluding carboxylic acids is 1. The van der Waals surface area contributed by atoms with Crippen LogP contribution in [0.25, 0.3) is 0 Å². The molecule has 2 rings (SSSR count). The fourth-order valence-electron chi connectivity index (χ4n) is 2.75. The Bertz CT molecular complexity index is 605. The SMILES string of the molecule is CC1NNC(C)C1CCN(C)C(=O)Nc1ccc(C#N)cc1F. The van der Waals surface area contributed by atoms with Crippen LogP contribution in [0.1, 0.15) is 25.8 Å². The number of halogens is 1. The van der Waals surface area contributed by atoms with Gasteiger partial charge in [-0.1, -0.05) is 0 Å². The molecule has 1 aromatic rings. The Morgan fingerprint density at radius 1 is 1.39 bits per heavy atom. The van der Waals surface area contributed by atoms with Gasteiger partial charge >= 0.3 is 6.03 Å². The molecule has 0 saturated carbocycles. The summed E-state index contributed by atoms with van der Waals surface area (Å²) in [7, 11) is 1.68. The highest BCUT2D eigenvalue weighted by atomic mass is 19.1. The van der Waals surface area contributed by atoms with Gasteiger partial charge in [-0.15, -0.1) is 0 Å². The van der Waals surface area contributed by atoms with E-state index in [-0.39, 0.29) is 17.3 Å². The molecule has 124 valence electrons. The van der Waals surface area contributed by atoms with E-state index in [0.717, 1.165) is 12.5 Å². The van der Waals surface area contributed by atoms with Crippen molar-refractivity contribution < 1.29 is 9.18 Å². The molecule has 6 nitrogen and oxygen atoms in total. The number of amides is 2. The van der Waals surface area contributed by atoms with Crippen molar-refractivity contribution in [3.8, 4) is 6.07 Å². The number of benzene rings is 1. The molecule has 0 aromatic heterocycles. The van der Waals surface area contributed by atoms with Gasteiger partial charge in [0.25, 0.3) is 0 Å². The molecule has 2 amide bonds. The fraction of sp³-hybridized carbons (Fsp3) is 0.500. The van der Waals surface area contributed by atoms with Crippen molar-refractivity contribution in [1.29, 1.82) is 5.26 Å². The first-order valence-corrected chi connectivity index (χ1v) is 7.65. The van der Waals surface area contributed by atoms with Crippen molar-refractivity contribution in [3.05, 3.63) is 29.6 Å². The number of nitrogens with one attached hydrogen (secondary N) is 3. The Morgan fingerprint density at radius 3 is 2.61 bits per heavy atom. The van der Waals surface area contributed by atoms with Gasteiger partial charge < -0.3 is 10.2 Å². The van der Waals surface area contributed by atoms with Gasteiger partial charge in [-0.2, -0.15) is 5.26 Å². The Hall–Kier alpha value is -2.17. The van der Waals surface area contributed by atoms with E-state index in [2.05, 4.69) is 30.0 Å². The molecule has 0 aliphatic carbocycles. The minimum atomic E-state index is -0.614. The van der Waals surface area contributed by atoms with E-state index in [1.807, 2.05) is 6.07 Å². The normalized spacial score (nSPS) is 23.3. The highest BCUT2D eigenvalue weighted by molar-refractivity contribution is 5.89. The summed E-state index contributed by atoms with van der Waals surface area (Å²) in [6.07, 6.45) is 0.849. The third-order valence-corrected chi connectivity index (χ3v) is 4.31. The minimum absolute atomic E-state index is 0.0757. The smallest absolute Gasteiger partial charge is 0.321 e. The van der Waals surface area contributed by atoms with E-state index in [1.165, 1.54) is 17.0 Å². The summed E-state index contributed by atoms with van der Waals surface area (Å²) in [6, 6.07) is 6.15. The number of carbonyl (C=O) groups is 1. The lowest BCUT2D eigenvalue weighted by Crippen LogP contribution is -2.35. The number of anilines is 1. The number of urea groups is 1. The second kappa shape index (κ2) is 7.40. The van der Waals surface area contributed by atoms with Crippen molar-refractivity contribution in [2.75, 3.05) is 18.9 Å². The first-order valence-electron chi connectivity index (χ1n) is 7.65. The van der Waals surface area contributed by atoms with E-state index in [4.69, 9.17) is 5.26 Å². The lowest BCUT2D eigenvalue weighted by atomic mass is 9.93. The van der Waals surface area contributed by atoms with Crippen LogP contribution in [-0.4, -0.2) is 36.6 Å². The maximum Gasteiger partial charge on any atom is 0.321 e. The van der Waals surface area contributed by atoms with Crippen LogP contribution in [0.5, 0.6) is 0 Å². The summed E-state index contributed by atoms with van der Waals surface area (Å²) >= 11 is 0. The van der Waals surface area contributed by atoms with Crippen LogP contribution in [0.15, 0.2) is 18.2 Å². The Kier molecular flexibility index (Phi) is 5.53. The molecule has 2 unspecified atom stereocenters. The van der Waals surface area contributed by atoms with Gasteiger partial charge in [-0.25, -0.2) is 9.18 Å². The topological polar surface area (TPSA) is 80.2 Å². The van der Waals surface area contributed by atoms with Gasteiger partial charge in [-0.3, -0.25) is 10.9 Å². The average Bonchev–Trinajstić information content (AvgIpc) is 2.85. The third-order valence-electron chi connectivity index (χ3n) is 4.31. The summed E-state index contributed by atoms with van der Waals surface area (Å²) in [5.41, 5.74) is 6.67. The molecule has 3 N–H and O–H groups in total. The number of nitrogens with zero attached hydrogens (tertiary/aromatic N) is 2. The van der Waals surface area contributed by atoms with E-state index in [1.54, 1.807) is 7.05 Å². The maximum atomic E-state index is 13.8. The lowest BCUT2D eigenvalue weighted by molar-refractivity contribution is 0.217. The quantitative estimate of drug-likeness (QED) is 0.793. The average molecular weight is 319 g/mol. The highest BCUT2D eigenvalue weighted by Gasteiger charge is 2.29. The molecule has 1 aromatic carbocycles. The zero-order chi connectivity index (χ0) is 17.0. The number of nitriles is 1. The molecule has 0 spiro atoms. The van der Waals surface area contributed by atoms with Crippen LogP contribution in [0.3, 0.4) is 0 Å². The van der Waals surface area contributed by atoms with Crippen molar-refractivity contribution >= 4 is 11.7 Å². The van der Waals surface area contributed by atoms with E-state index < -0.39 is 5.82 Å². The molecule has 2 atom stereocenters. The first-order chi connectivity index (χ1) is 10.9. The molecule has 1 aliphatic rings. The number of rotatable bonds is 4. The van der Waals surface area contributed by atoms with E-state index >= 15 is 0 Å². The van der Waals surface area contributed by atoms with E-state index in [9.17, 15) is 9.18 Å². The summed E-state index contributed by atoms with van der Waals surface area (Å²) in [6.45, 7) is 4.78. The van der Waals surface area contributed by atoms with Gasteiger partial charge in [-0.05, 0) is 44.4 Å². The van der Waals surface area contributed by atoms with Crippen LogP contribution in [-0.2, 0) is 0 Å². The highest BCUT2D eigenvalue weighted by Crippen LogP contribution is 2.19. The van der Waals surface area contributed by atoms with Gasteiger partial charge in [0.2, 0.25) is 0 Å². The van der Waals surface area contributed by atoms with Gasteiger partial charge in [0.1, 0.15) is 5.82 Å². The van der Waals surface area contributed by atoms with Crippen molar-refractivity contribution in [1.82, 2.24) is 15.8 Å². The second-order valence-electron chi connectivity index (χ2n) is 5.98.